The summed E-state index contributed by atoms with van der Waals surface area (Å²) in [6.45, 7) is 3.70. The van der Waals surface area contributed by atoms with Gasteiger partial charge in [0.2, 0.25) is 0 Å². The van der Waals surface area contributed by atoms with E-state index in [1.54, 1.807) is 21.1 Å². The van der Waals surface area contributed by atoms with Crippen LogP contribution in [0, 0.1) is 0 Å². The summed E-state index contributed by atoms with van der Waals surface area (Å²) in [6.07, 6.45) is 23.4. The highest BCUT2D eigenvalue weighted by atomic mass is 35.5. The molecule has 4 nitrogen and oxygen atoms in total. The Morgan fingerprint density at radius 1 is 0.548 bits per heavy atom. The van der Waals surface area contributed by atoms with Gasteiger partial charge in [0.25, 0.3) is 0 Å². The summed E-state index contributed by atoms with van der Waals surface area (Å²) >= 11 is 0. The van der Waals surface area contributed by atoms with Gasteiger partial charge in [-0.2, -0.15) is 0 Å². The van der Waals surface area contributed by atoms with Gasteiger partial charge in [-0.15, -0.1) is 0 Å². The summed E-state index contributed by atoms with van der Waals surface area (Å²) in [4.78, 5) is 9.89. The highest BCUT2D eigenvalue weighted by Gasteiger charge is 2.05. The predicted molar refractivity (Wildman–Crippen MR) is 130 cm³/mol. The number of rotatable bonds is 19. The zero-order chi connectivity index (χ0) is 23.3. The molecule has 0 spiro atoms. The molecule has 0 aromatic carbocycles. The van der Waals surface area contributed by atoms with Gasteiger partial charge in [0, 0.05) is 0 Å². The van der Waals surface area contributed by atoms with Gasteiger partial charge in [-0.05, 0) is 12.8 Å². The Balaban J connectivity index is -0.000000739. The van der Waals surface area contributed by atoms with Gasteiger partial charge in [-0.3, -0.25) is 0 Å². The number of carboxylic acids is 1. The van der Waals surface area contributed by atoms with Crippen molar-refractivity contribution in [1.29, 1.82) is 0 Å². The minimum absolute atomic E-state index is 0. The molecule has 0 atom stereocenters. The molecule has 0 heterocycles. The number of hydrogen-bond donors (Lipinski definition) is 0. The maximum atomic E-state index is 9.89. The molecule has 0 aliphatic carbocycles. The van der Waals surface area contributed by atoms with Crippen LogP contribution in [0.3, 0.4) is 0 Å². The van der Waals surface area contributed by atoms with Gasteiger partial charge in [0.15, 0.2) is 0 Å². The average molecular weight is 465 g/mol. The number of halogens is 1. The van der Waals surface area contributed by atoms with Crippen LogP contribution in [-0.2, 0) is 4.79 Å². The predicted octanol–water partition coefficient (Wildman–Crippen LogP) is 2.40. The van der Waals surface area contributed by atoms with Gasteiger partial charge >= 0.3 is 0 Å². The van der Waals surface area contributed by atoms with Crippen LogP contribution in [-0.4, -0.2) is 70.3 Å². The third-order valence-electron chi connectivity index (χ3n) is 5.29. The van der Waals surface area contributed by atoms with Crippen molar-refractivity contribution < 1.29 is 31.3 Å². The number of nitrogens with zero attached hydrogens (tertiary/aromatic N) is 2. The molecular formula is C26H57ClN2O2. The van der Waals surface area contributed by atoms with E-state index in [4.69, 9.17) is 0 Å². The van der Waals surface area contributed by atoms with E-state index in [9.17, 15) is 9.90 Å². The molecule has 0 rings (SSSR count). The van der Waals surface area contributed by atoms with Crippen molar-refractivity contribution in [2.45, 2.75) is 110 Å². The number of carboxylic acid groups (broad SMARTS) is 1. The minimum Gasteiger partial charge on any atom is -1.00 e. The first-order valence-electron chi connectivity index (χ1n) is 12.8. The lowest BCUT2D eigenvalue weighted by atomic mass is 10.0. The van der Waals surface area contributed by atoms with Crippen LogP contribution in [0.2, 0.25) is 0 Å². The smallest absolute Gasteiger partial charge is 0.118 e. The van der Waals surface area contributed by atoms with E-state index in [0.29, 0.717) is 4.48 Å². The molecule has 0 saturated carbocycles. The van der Waals surface area contributed by atoms with Crippen molar-refractivity contribution >= 4 is 5.97 Å². The fraction of sp³-hybridized carbons (Fsp3) is 0.962. The zero-order valence-corrected chi connectivity index (χ0v) is 23.1. The van der Waals surface area contributed by atoms with Crippen molar-refractivity contribution in [3.63, 3.8) is 0 Å². The highest BCUT2D eigenvalue weighted by Crippen LogP contribution is 2.13. The van der Waals surface area contributed by atoms with E-state index in [1.807, 2.05) is 0 Å². The van der Waals surface area contributed by atoms with Crippen molar-refractivity contribution in [2.24, 2.45) is 0 Å². The second kappa shape index (κ2) is 22.9. The number of quaternary nitrogens is 2. The number of aliphatic carboxylic acids is 1. The summed E-state index contributed by atoms with van der Waals surface area (Å²) in [6, 6.07) is 0. The fourth-order valence-electron chi connectivity index (χ4n) is 3.52. The van der Waals surface area contributed by atoms with Crippen LogP contribution in [0.5, 0.6) is 0 Å². The van der Waals surface area contributed by atoms with E-state index in [1.165, 1.54) is 109 Å². The molecule has 0 aromatic rings. The van der Waals surface area contributed by atoms with Gasteiger partial charge < -0.3 is 31.3 Å². The second-order valence-electron chi connectivity index (χ2n) is 11.1. The van der Waals surface area contributed by atoms with E-state index in [0.717, 1.165) is 4.48 Å². The molecule has 0 aromatic heterocycles. The first-order valence-corrected chi connectivity index (χ1v) is 12.8. The molecule has 0 aliphatic heterocycles. The van der Waals surface area contributed by atoms with E-state index >= 15 is 0 Å². The lowest BCUT2D eigenvalue weighted by molar-refractivity contribution is -0.870. The minimum atomic E-state index is -1.00. The molecule has 0 radical (unpaired) electrons. The number of likely N-dealkylation sites (N-methyl/N-ethyl adjacent to an activating group) is 1. The molecule has 31 heavy (non-hydrogen) atoms. The SMILES string of the molecule is CCCCCCCCCCCCCCCCCC[N+](C)(C)C.C[N+](C)(C)CC(=O)[O-].[Cl-]. The van der Waals surface area contributed by atoms with Crippen LogP contribution in [0.4, 0.5) is 0 Å². The Kier molecular flexibility index (Phi) is 26.0. The molecule has 5 heteroatoms. The third-order valence-corrected chi connectivity index (χ3v) is 5.29. The first-order chi connectivity index (χ1) is 14.0. The standard InChI is InChI=1S/C21H46N.C5H11NO2.ClH/c1-5-6-7-8-9-10-11-12-13-14-15-16-17-18-19-20-21-22(2,3)4;1-6(2,3)4-5(7)8;/h5-21H2,1-4H3;4H2,1-3H3;1H/q+1;;/p-1. The van der Waals surface area contributed by atoms with Crippen molar-refractivity contribution in [3.8, 4) is 0 Å². The zero-order valence-electron chi connectivity index (χ0n) is 22.3. The van der Waals surface area contributed by atoms with Gasteiger partial charge in [-0.1, -0.05) is 96.8 Å². The van der Waals surface area contributed by atoms with Gasteiger partial charge in [-0.25, -0.2) is 0 Å². The Bertz CT molecular complexity index is 377. The monoisotopic (exact) mass is 464 g/mol. The lowest BCUT2D eigenvalue weighted by Crippen LogP contribution is -3.00. The molecule has 0 N–H and O–H groups in total. The number of hydrogen-bond acceptors (Lipinski definition) is 2. The number of carbonyl (C=O) groups is 1. The summed E-state index contributed by atoms with van der Waals surface area (Å²) in [5.41, 5.74) is 0. The van der Waals surface area contributed by atoms with Crippen LogP contribution in [0.1, 0.15) is 110 Å². The Hall–Kier alpha value is -0.320. The van der Waals surface area contributed by atoms with Crippen LogP contribution in [0.15, 0.2) is 0 Å². The molecule has 0 fully saturated rings. The summed E-state index contributed by atoms with van der Waals surface area (Å²) in [7, 11) is 12.3. The number of carbonyl (C=O) groups excluding carboxylic acids is 1. The lowest BCUT2D eigenvalue weighted by Gasteiger charge is -2.23. The maximum Gasteiger partial charge on any atom is 0.118 e. The quantitative estimate of drug-likeness (QED) is 0.217. The van der Waals surface area contributed by atoms with Crippen LogP contribution >= 0.6 is 0 Å². The van der Waals surface area contributed by atoms with E-state index in [2.05, 4.69) is 28.1 Å². The van der Waals surface area contributed by atoms with Crippen molar-refractivity contribution in [3.05, 3.63) is 0 Å². The first kappa shape index (κ1) is 35.3. The highest BCUT2D eigenvalue weighted by molar-refractivity contribution is 5.65. The molecule has 0 amide bonds. The summed E-state index contributed by atoms with van der Waals surface area (Å²) < 4.78 is 1.54. The molecule has 190 valence electrons. The topological polar surface area (TPSA) is 40.1 Å². The Morgan fingerprint density at radius 2 is 0.839 bits per heavy atom. The van der Waals surface area contributed by atoms with Crippen molar-refractivity contribution in [1.82, 2.24) is 0 Å². The maximum absolute atomic E-state index is 9.89. The summed E-state index contributed by atoms with van der Waals surface area (Å²) in [5.74, 6) is -1.00. The van der Waals surface area contributed by atoms with E-state index < -0.39 is 5.97 Å². The van der Waals surface area contributed by atoms with E-state index in [-0.39, 0.29) is 19.0 Å². The average Bonchev–Trinajstić information content (AvgIpc) is 2.59. The third kappa shape index (κ3) is 40.6. The Morgan fingerprint density at radius 3 is 1.03 bits per heavy atom. The van der Waals surface area contributed by atoms with Crippen LogP contribution < -0.4 is 17.5 Å². The number of unbranched alkanes of at least 4 members (excludes halogenated alkanes) is 15. The largest absolute Gasteiger partial charge is 1.00 e. The Labute approximate surface area is 202 Å². The second-order valence-corrected chi connectivity index (χ2v) is 11.1. The molecule has 0 bridgehead atoms. The fourth-order valence-corrected chi connectivity index (χ4v) is 3.52. The summed E-state index contributed by atoms with van der Waals surface area (Å²) in [5, 5.41) is 9.89. The van der Waals surface area contributed by atoms with Gasteiger partial charge in [0.05, 0.1) is 54.8 Å². The van der Waals surface area contributed by atoms with Crippen LogP contribution in [0.25, 0.3) is 0 Å². The normalized spacial score (nSPS) is 11.5. The van der Waals surface area contributed by atoms with Crippen molar-refractivity contribution in [2.75, 3.05) is 55.4 Å². The molecule has 0 aliphatic rings. The molecular weight excluding hydrogens is 408 g/mol. The molecule has 0 unspecified atom stereocenters. The van der Waals surface area contributed by atoms with Gasteiger partial charge in [0.1, 0.15) is 6.54 Å². The molecule has 0 saturated heterocycles.